The SMILES string of the molecule is CC(=O)c1cc2c(cc1NC(=O)C(C)(C)Br)OCO2. The Morgan fingerprint density at radius 2 is 1.84 bits per heavy atom. The smallest absolute Gasteiger partial charge is 0.240 e. The Labute approximate surface area is 119 Å². The monoisotopic (exact) mass is 327 g/mol. The lowest BCUT2D eigenvalue weighted by molar-refractivity contribution is -0.117. The summed E-state index contributed by atoms with van der Waals surface area (Å²) in [7, 11) is 0. The van der Waals surface area contributed by atoms with Crippen molar-refractivity contribution in [2.75, 3.05) is 12.1 Å². The van der Waals surface area contributed by atoms with Gasteiger partial charge in [-0.05, 0) is 26.8 Å². The van der Waals surface area contributed by atoms with Crippen LogP contribution >= 0.6 is 15.9 Å². The van der Waals surface area contributed by atoms with Crippen molar-refractivity contribution in [1.29, 1.82) is 0 Å². The Balaban J connectivity index is 2.39. The maximum absolute atomic E-state index is 12.0. The van der Waals surface area contributed by atoms with E-state index in [0.717, 1.165) is 0 Å². The van der Waals surface area contributed by atoms with Crippen molar-refractivity contribution in [2.24, 2.45) is 0 Å². The Morgan fingerprint density at radius 1 is 1.26 bits per heavy atom. The van der Waals surface area contributed by atoms with Gasteiger partial charge in [0, 0.05) is 11.6 Å². The standard InChI is InChI=1S/C13H14BrNO4/c1-7(16)8-4-10-11(19-6-18-10)5-9(8)15-12(17)13(2,3)14/h4-5H,6H2,1-3H3,(H,15,17). The van der Waals surface area contributed by atoms with E-state index in [1.165, 1.54) is 6.92 Å². The van der Waals surface area contributed by atoms with Crippen molar-refractivity contribution in [3.63, 3.8) is 0 Å². The number of fused-ring (bicyclic) bond motifs is 1. The third kappa shape index (κ3) is 2.89. The first kappa shape index (κ1) is 13.9. The molecule has 0 unspecified atom stereocenters. The first-order valence-electron chi connectivity index (χ1n) is 5.74. The van der Waals surface area contributed by atoms with E-state index in [-0.39, 0.29) is 18.5 Å². The van der Waals surface area contributed by atoms with Gasteiger partial charge in [0.15, 0.2) is 17.3 Å². The molecular weight excluding hydrogens is 314 g/mol. The number of amides is 1. The van der Waals surface area contributed by atoms with Crippen LogP contribution in [0.5, 0.6) is 11.5 Å². The quantitative estimate of drug-likeness (QED) is 0.684. The second kappa shape index (κ2) is 4.85. The topological polar surface area (TPSA) is 64.6 Å². The minimum atomic E-state index is -0.725. The molecule has 0 spiro atoms. The molecule has 0 saturated heterocycles. The summed E-state index contributed by atoms with van der Waals surface area (Å²) in [4.78, 5) is 23.6. The highest BCUT2D eigenvalue weighted by Gasteiger charge is 2.26. The number of carbonyl (C=O) groups excluding carboxylic acids is 2. The van der Waals surface area contributed by atoms with Crippen LogP contribution in [-0.4, -0.2) is 22.8 Å². The Kier molecular flexibility index (Phi) is 3.54. The second-order valence-electron chi connectivity index (χ2n) is 4.73. The fraction of sp³-hybridized carbons (Fsp3) is 0.385. The van der Waals surface area contributed by atoms with E-state index in [1.54, 1.807) is 26.0 Å². The highest BCUT2D eigenvalue weighted by Crippen LogP contribution is 2.37. The normalized spacial score (nSPS) is 13.3. The molecule has 1 N–H and O–H groups in total. The molecule has 0 fully saturated rings. The average molecular weight is 328 g/mol. The predicted octanol–water partition coefficient (Wildman–Crippen LogP) is 2.73. The molecule has 1 aliphatic heterocycles. The van der Waals surface area contributed by atoms with Crippen LogP contribution in [0.2, 0.25) is 0 Å². The van der Waals surface area contributed by atoms with Crippen LogP contribution < -0.4 is 14.8 Å². The molecule has 1 aromatic carbocycles. The molecule has 0 bridgehead atoms. The number of benzene rings is 1. The van der Waals surface area contributed by atoms with Crippen molar-refractivity contribution in [3.05, 3.63) is 17.7 Å². The zero-order valence-corrected chi connectivity index (χ0v) is 12.5. The summed E-state index contributed by atoms with van der Waals surface area (Å²) in [5.74, 6) is 0.642. The van der Waals surface area contributed by atoms with Crippen molar-refractivity contribution in [3.8, 4) is 11.5 Å². The van der Waals surface area contributed by atoms with E-state index < -0.39 is 4.32 Å². The Bertz CT molecular complexity index is 548. The van der Waals surface area contributed by atoms with Crippen molar-refractivity contribution >= 4 is 33.3 Å². The minimum Gasteiger partial charge on any atom is -0.454 e. The largest absolute Gasteiger partial charge is 0.454 e. The van der Waals surface area contributed by atoms with Crippen LogP contribution in [0, 0.1) is 0 Å². The summed E-state index contributed by atoms with van der Waals surface area (Å²) in [6.45, 7) is 5.01. The van der Waals surface area contributed by atoms with Crippen LogP contribution in [-0.2, 0) is 4.79 Å². The number of alkyl halides is 1. The van der Waals surface area contributed by atoms with Crippen LogP contribution in [0.15, 0.2) is 12.1 Å². The lowest BCUT2D eigenvalue weighted by Gasteiger charge is -2.17. The van der Waals surface area contributed by atoms with Gasteiger partial charge in [0.25, 0.3) is 0 Å². The van der Waals surface area contributed by atoms with Gasteiger partial charge in [0.05, 0.1) is 10.0 Å². The molecule has 102 valence electrons. The Hall–Kier alpha value is -1.56. The third-order valence-electron chi connectivity index (χ3n) is 2.68. The summed E-state index contributed by atoms with van der Waals surface area (Å²) in [5.41, 5.74) is 0.823. The van der Waals surface area contributed by atoms with Gasteiger partial charge in [-0.2, -0.15) is 0 Å². The predicted molar refractivity (Wildman–Crippen MR) is 74.2 cm³/mol. The lowest BCUT2D eigenvalue weighted by atomic mass is 10.1. The summed E-state index contributed by atoms with van der Waals surface area (Å²) in [6, 6.07) is 3.19. The Morgan fingerprint density at radius 3 is 2.37 bits per heavy atom. The molecular formula is C13H14BrNO4. The number of ketones is 1. The number of hydrogen-bond donors (Lipinski definition) is 1. The average Bonchev–Trinajstić information content (AvgIpc) is 2.73. The summed E-state index contributed by atoms with van der Waals surface area (Å²) < 4.78 is 9.74. The van der Waals surface area contributed by atoms with Gasteiger partial charge in [0.2, 0.25) is 12.7 Å². The van der Waals surface area contributed by atoms with Crippen LogP contribution in [0.1, 0.15) is 31.1 Å². The van der Waals surface area contributed by atoms with Crippen molar-refractivity contribution < 1.29 is 19.1 Å². The molecule has 0 saturated carbocycles. The number of Topliss-reactive ketones (excluding diaryl/α,β-unsaturated/α-hetero) is 1. The number of nitrogens with one attached hydrogen (secondary N) is 1. The highest BCUT2D eigenvalue weighted by atomic mass is 79.9. The van der Waals surface area contributed by atoms with E-state index in [4.69, 9.17) is 9.47 Å². The van der Waals surface area contributed by atoms with Crippen LogP contribution in [0.4, 0.5) is 5.69 Å². The zero-order valence-electron chi connectivity index (χ0n) is 10.9. The van der Waals surface area contributed by atoms with Gasteiger partial charge >= 0.3 is 0 Å². The van der Waals surface area contributed by atoms with E-state index in [1.807, 2.05) is 0 Å². The van der Waals surface area contributed by atoms with Crippen LogP contribution in [0.25, 0.3) is 0 Å². The second-order valence-corrected chi connectivity index (χ2v) is 6.72. The van der Waals surface area contributed by atoms with Gasteiger partial charge in [-0.3, -0.25) is 9.59 Å². The van der Waals surface area contributed by atoms with E-state index in [2.05, 4.69) is 21.2 Å². The summed E-state index contributed by atoms with van der Waals surface area (Å²) in [6.07, 6.45) is 0. The first-order chi connectivity index (χ1) is 8.79. The van der Waals surface area contributed by atoms with Gasteiger partial charge in [-0.25, -0.2) is 0 Å². The maximum atomic E-state index is 12.0. The lowest BCUT2D eigenvalue weighted by Crippen LogP contribution is -2.31. The molecule has 2 rings (SSSR count). The molecule has 19 heavy (non-hydrogen) atoms. The molecule has 1 aliphatic rings. The molecule has 0 aromatic heterocycles. The molecule has 0 aliphatic carbocycles. The summed E-state index contributed by atoms with van der Waals surface area (Å²) in [5, 5.41) is 2.72. The minimum absolute atomic E-state index is 0.119. The number of anilines is 1. The number of halogens is 1. The van der Waals surface area contributed by atoms with E-state index in [9.17, 15) is 9.59 Å². The fourth-order valence-corrected chi connectivity index (χ4v) is 1.71. The maximum Gasteiger partial charge on any atom is 0.240 e. The molecule has 1 amide bonds. The fourth-order valence-electron chi connectivity index (χ4n) is 1.61. The van der Waals surface area contributed by atoms with Gasteiger partial charge in [-0.1, -0.05) is 15.9 Å². The first-order valence-corrected chi connectivity index (χ1v) is 6.53. The molecule has 0 atom stereocenters. The van der Waals surface area contributed by atoms with Crippen LogP contribution in [0.3, 0.4) is 0 Å². The number of hydrogen-bond acceptors (Lipinski definition) is 4. The number of ether oxygens (including phenoxy) is 2. The molecule has 6 heteroatoms. The van der Waals surface area contributed by atoms with Crippen molar-refractivity contribution in [1.82, 2.24) is 0 Å². The molecule has 1 aromatic rings. The van der Waals surface area contributed by atoms with E-state index in [0.29, 0.717) is 22.7 Å². The van der Waals surface area contributed by atoms with Gasteiger partial charge in [0.1, 0.15) is 0 Å². The van der Waals surface area contributed by atoms with Gasteiger partial charge < -0.3 is 14.8 Å². The number of rotatable bonds is 3. The highest BCUT2D eigenvalue weighted by molar-refractivity contribution is 9.10. The third-order valence-corrected chi connectivity index (χ3v) is 3.04. The van der Waals surface area contributed by atoms with Gasteiger partial charge in [-0.15, -0.1) is 0 Å². The molecule has 1 heterocycles. The molecule has 0 radical (unpaired) electrons. The van der Waals surface area contributed by atoms with Crippen molar-refractivity contribution in [2.45, 2.75) is 25.1 Å². The van der Waals surface area contributed by atoms with E-state index >= 15 is 0 Å². The summed E-state index contributed by atoms with van der Waals surface area (Å²) >= 11 is 3.27. The zero-order chi connectivity index (χ0) is 14.2. The molecule has 5 nitrogen and oxygen atoms in total. The number of carbonyl (C=O) groups is 2.